The quantitative estimate of drug-likeness (QED) is 0.253. The number of para-hydroxylation sites is 1. The highest BCUT2D eigenvalue weighted by Crippen LogP contribution is 2.35. The molecule has 1 aromatic heterocycles. The molecule has 190 valence electrons. The van der Waals surface area contributed by atoms with E-state index >= 15 is 0 Å². The van der Waals surface area contributed by atoms with Gasteiger partial charge in [0.15, 0.2) is 5.69 Å². The summed E-state index contributed by atoms with van der Waals surface area (Å²) in [5, 5.41) is 5.28. The number of carbonyl (C=O) groups is 2. The Morgan fingerprint density at radius 3 is 2.27 bits per heavy atom. The average molecular weight is 541 g/mol. The third kappa shape index (κ3) is 5.26. The number of carbonyl (C=O) groups excluding carboxylic acids is 2. The number of hydrogen-bond acceptors (Lipinski definition) is 7. The summed E-state index contributed by atoms with van der Waals surface area (Å²) < 4.78 is 22.8. The predicted octanol–water partition coefficient (Wildman–Crippen LogP) is 6.01. The van der Waals surface area contributed by atoms with Crippen molar-refractivity contribution in [2.24, 2.45) is 0 Å². The molecule has 0 bridgehead atoms. The van der Waals surface area contributed by atoms with Crippen molar-refractivity contribution in [3.63, 3.8) is 0 Å². The van der Waals surface area contributed by atoms with Crippen LogP contribution < -0.4 is 9.47 Å². The van der Waals surface area contributed by atoms with E-state index < -0.39 is 11.9 Å². The Bertz CT molecular complexity index is 1450. The fraction of sp³-hybridized carbons (Fsp3) is 0.148. The summed E-state index contributed by atoms with van der Waals surface area (Å²) in [4.78, 5) is 25.7. The van der Waals surface area contributed by atoms with E-state index in [4.69, 9.17) is 42.1 Å². The maximum atomic E-state index is 12.9. The van der Waals surface area contributed by atoms with E-state index in [1.165, 1.54) is 26.0 Å². The molecule has 0 N–H and O–H groups in total. The van der Waals surface area contributed by atoms with Crippen molar-refractivity contribution in [3.8, 4) is 28.4 Å². The van der Waals surface area contributed by atoms with Crippen molar-refractivity contribution >= 4 is 35.1 Å². The second kappa shape index (κ2) is 11.4. The lowest BCUT2D eigenvalue weighted by Gasteiger charge is -2.13. The third-order valence-electron chi connectivity index (χ3n) is 5.51. The van der Waals surface area contributed by atoms with Gasteiger partial charge >= 0.3 is 11.9 Å². The minimum atomic E-state index is -0.740. The first kappa shape index (κ1) is 26.1. The van der Waals surface area contributed by atoms with Crippen LogP contribution in [0.1, 0.15) is 26.4 Å². The van der Waals surface area contributed by atoms with E-state index in [9.17, 15) is 9.59 Å². The van der Waals surface area contributed by atoms with Crippen LogP contribution >= 0.6 is 23.2 Å². The summed E-state index contributed by atoms with van der Waals surface area (Å²) in [5.74, 6) is -0.539. The Labute approximate surface area is 223 Å². The summed E-state index contributed by atoms with van der Waals surface area (Å²) >= 11 is 12.4. The second-order valence-corrected chi connectivity index (χ2v) is 8.46. The zero-order chi connectivity index (χ0) is 26.5. The largest absolute Gasteiger partial charge is 0.496 e. The summed E-state index contributed by atoms with van der Waals surface area (Å²) in [6.45, 7) is 0.0773. The number of rotatable bonds is 8. The number of halogens is 2. The Kier molecular flexibility index (Phi) is 8.01. The van der Waals surface area contributed by atoms with Crippen molar-refractivity contribution in [1.82, 2.24) is 9.78 Å². The van der Waals surface area contributed by atoms with Crippen LogP contribution in [-0.2, 0) is 16.1 Å². The number of benzene rings is 3. The van der Waals surface area contributed by atoms with Gasteiger partial charge in [0.05, 0.1) is 32.0 Å². The van der Waals surface area contributed by atoms with Crippen molar-refractivity contribution < 1.29 is 28.5 Å². The van der Waals surface area contributed by atoms with Crippen LogP contribution in [0.25, 0.3) is 16.9 Å². The van der Waals surface area contributed by atoms with E-state index in [1.807, 2.05) is 6.07 Å². The zero-order valence-corrected chi connectivity index (χ0v) is 21.7. The molecule has 8 nitrogen and oxygen atoms in total. The van der Waals surface area contributed by atoms with Gasteiger partial charge in [0.1, 0.15) is 34.4 Å². The van der Waals surface area contributed by atoms with E-state index in [0.717, 1.165) is 0 Å². The van der Waals surface area contributed by atoms with Gasteiger partial charge in [-0.3, -0.25) is 0 Å². The zero-order valence-electron chi connectivity index (χ0n) is 20.2. The van der Waals surface area contributed by atoms with Crippen LogP contribution in [0.2, 0.25) is 10.0 Å². The van der Waals surface area contributed by atoms with Crippen LogP contribution in [0.3, 0.4) is 0 Å². The van der Waals surface area contributed by atoms with E-state index in [0.29, 0.717) is 33.3 Å². The van der Waals surface area contributed by atoms with Gasteiger partial charge in [0.2, 0.25) is 0 Å². The summed E-state index contributed by atoms with van der Waals surface area (Å²) in [6.07, 6.45) is 0. The molecule has 0 unspecified atom stereocenters. The molecule has 1 heterocycles. The molecule has 37 heavy (non-hydrogen) atoms. The lowest BCUT2D eigenvalue weighted by molar-refractivity contribution is 0.0549. The summed E-state index contributed by atoms with van der Waals surface area (Å²) in [7, 11) is 3.99. The van der Waals surface area contributed by atoms with E-state index in [-0.39, 0.29) is 28.6 Å². The highest BCUT2D eigenvalue weighted by atomic mass is 35.5. The van der Waals surface area contributed by atoms with Crippen LogP contribution in [-0.4, -0.2) is 43.0 Å². The standard InChI is InChI=1S/C27H22Cl2N2O6/c1-34-20-13-12-16(14-17(20)15-37-21-11-7-10-19(28)23(21)29)24-22(26(32)35-2)25(27(33)36-3)31(30-24)18-8-5-4-6-9-18/h4-14H,15H2,1-3H3. The minimum Gasteiger partial charge on any atom is -0.496 e. The highest BCUT2D eigenvalue weighted by Gasteiger charge is 2.31. The topological polar surface area (TPSA) is 88.9 Å². The number of methoxy groups -OCH3 is 3. The fourth-order valence-corrected chi connectivity index (χ4v) is 4.09. The number of hydrogen-bond donors (Lipinski definition) is 0. The van der Waals surface area contributed by atoms with Gasteiger partial charge in [0, 0.05) is 11.1 Å². The first-order valence-electron chi connectivity index (χ1n) is 11.0. The number of aromatic nitrogens is 2. The molecule has 3 aromatic carbocycles. The molecule has 0 aliphatic carbocycles. The monoisotopic (exact) mass is 540 g/mol. The van der Waals surface area contributed by atoms with E-state index in [1.54, 1.807) is 60.7 Å². The normalized spacial score (nSPS) is 10.6. The highest BCUT2D eigenvalue weighted by molar-refractivity contribution is 6.42. The molecule has 0 aliphatic rings. The smallest absolute Gasteiger partial charge is 0.357 e. The lowest BCUT2D eigenvalue weighted by atomic mass is 10.0. The van der Waals surface area contributed by atoms with Crippen LogP contribution in [0.15, 0.2) is 66.7 Å². The van der Waals surface area contributed by atoms with Crippen molar-refractivity contribution in [2.75, 3.05) is 21.3 Å². The molecule has 4 aromatic rings. The Morgan fingerprint density at radius 2 is 1.59 bits per heavy atom. The predicted molar refractivity (Wildman–Crippen MR) is 139 cm³/mol. The molecule has 0 atom stereocenters. The first-order chi connectivity index (χ1) is 17.9. The van der Waals surface area contributed by atoms with Gasteiger partial charge in [-0.15, -0.1) is 0 Å². The molecular formula is C27H22Cl2N2O6. The van der Waals surface area contributed by atoms with Gasteiger partial charge in [-0.2, -0.15) is 5.10 Å². The van der Waals surface area contributed by atoms with Crippen molar-refractivity contribution in [2.45, 2.75) is 6.61 Å². The molecule has 4 rings (SSSR count). The summed E-state index contributed by atoms with van der Waals surface area (Å²) in [5.41, 5.74) is 1.85. The number of esters is 2. The van der Waals surface area contributed by atoms with Crippen molar-refractivity contribution in [3.05, 3.63) is 93.6 Å². The third-order valence-corrected chi connectivity index (χ3v) is 6.31. The maximum Gasteiger partial charge on any atom is 0.357 e. The molecule has 0 aliphatic heterocycles. The molecule has 0 saturated carbocycles. The molecule has 0 amide bonds. The molecular weight excluding hydrogens is 519 g/mol. The fourth-order valence-electron chi connectivity index (χ4n) is 3.75. The van der Waals surface area contributed by atoms with Gasteiger partial charge < -0.3 is 18.9 Å². The molecule has 0 saturated heterocycles. The van der Waals surface area contributed by atoms with Gasteiger partial charge in [-0.1, -0.05) is 47.5 Å². The minimum absolute atomic E-state index is 0.0341. The molecule has 0 radical (unpaired) electrons. The van der Waals surface area contributed by atoms with Gasteiger partial charge in [-0.05, 0) is 42.5 Å². The number of nitrogens with zero attached hydrogens (tertiary/aromatic N) is 2. The summed E-state index contributed by atoms with van der Waals surface area (Å²) in [6, 6.07) is 19.2. The lowest BCUT2D eigenvalue weighted by Crippen LogP contribution is -2.15. The van der Waals surface area contributed by atoms with Crippen LogP contribution in [0.4, 0.5) is 0 Å². The maximum absolute atomic E-state index is 12.9. The van der Waals surface area contributed by atoms with Gasteiger partial charge in [0.25, 0.3) is 0 Å². The SMILES string of the molecule is COC(=O)c1c(-c2ccc(OC)c(COc3cccc(Cl)c3Cl)c2)nn(-c2ccccc2)c1C(=O)OC. The second-order valence-electron chi connectivity index (χ2n) is 7.67. The molecule has 10 heteroatoms. The van der Waals surface area contributed by atoms with E-state index in [2.05, 4.69) is 5.10 Å². The Morgan fingerprint density at radius 1 is 0.865 bits per heavy atom. The Balaban J connectivity index is 1.85. The molecule has 0 fully saturated rings. The Hall–Kier alpha value is -4.01. The average Bonchev–Trinajstić information content (AvgIpc) is 3.34. The van der Waals surface area contributed by atoms with Crippen LogP contribution in [0, 0.1) is 0 Å². The molecule has 0 spiro atoms. The van der Waals surface area contributed by atoms with Crippen LogP contribution in [0.5, 0.6) is 11.5 Å². The van der Waals surface area contributed by atoms with Gasteiger partial charge in [-0.25, -0.2) is 14.3 Å². The first-order valence-corrected chi connectivity index (χ1v) is 11.7. The van der Waals surface area contributed by atoms with Crippen molar-refractivity contribution in [1.29, 1.82) is 0 Å². The number of ether oxygens (including phenoxy) is 4.